The molecule has 0 bridgehead atoms. The van der Waals surface area contributed by atoms with E-state index in [1.807, 2.05) is 24.3 Å². The Kier molecular flexibility index (Phi) is 4.24. The largest absolute Gasteiger partial charge is 0.454 e. The molecule has 4 rings (SSSR count). The number of rotatable bonds is 3. The van der Waals surface area contributed by atoms with E-state index in [9.17, 15) is 4.79 Å². The van der Waals surface area contributed by atoms with E-state index in [-0.39, 0.29) is 18.2 Å². The van der Waals surface area contributed by atoms with Crippen molar-refractivity contribution in [3.8, 4) is 11.5 Å². The molecular formula is C19H19N3O3S. The second-order valence-corrected chi connectivity index (χ2v) is 7.54. The summed E-state index contributed by atoms with van der Waals surface area (Å²) in [5, 5.41) is 3.54. The molecular weight excluding hydrogens is 350 g/mol. The average molecular weight is 369 g/mol. The first-order chi connectivity index (χ1) is 12.5. The number of carbonyl (C=O) groups excluding carboxylic acids is 1. The van der Waals surface area contributed by atoms with Gasteiger partial charge in [-0.2, -0.15) is 0 Å². The number of hydrogen-bond acceptors (Lipinski definition) is 6. The molecule has 1 atom stereocenters. The third kappa shape index (κ3) is 3.22. The molecule has 0 saturated carbocycles. The summed E-state index contributed by atoms with van der Waals surface area (Å²) in [5.74, 6) is 1.97. The number of nitrogens with one attached hydrogen (secondary N) is 1. The number of amidine groups is 1. The number of hydrogen-bond donors (Lipinski definition) is 2. The number of nitrogens with two attached hydrogens (primary N) is 1. The molecule has 1 unspecified atom stereocenters. The predicted octanol–water partition coefficient (Wildman–Crippen LogP) is 3.33. The van der Waals surface area contributed by atoms with Crippen LogP contribution in [0.3, 0.4) is 0 Å². The number of thioether (sulfide) groups is 1. The van der Waals surface area contributed by atoms with Crippen LogP contribution < -0.4 is 20.5 Å². The summed E-state index contributed by atoms with van der Waals surface area (Å²) in [6.07, 6.45) is 0.901. The number of carbonyl (C=O) groups is 1. The summed E-state index contributed by atoms with van der Waals surface area (Å²) in [5.41, 5.74) is 7.81. The average Bonchev–Trinajstić information content (AvgIpc) is 3.09. The molecule has 0 saturated heterocycles. The minimum Gasteiger partial charge on any atom is -0.454 e. The molecule has 2 aliphatic heterocycles. The molecule has 2 aromatic rings. The molecule has 26 heavy (non-hydrogen) atoms. The van der Waals surface area contributed by atoms with E-state index in [0.29, 0.717) is 22.2 Å². The van der Waals surface area contributed by atoms with E-state index >= 15 is 0 Å². The highest BCUT2D eigenvalue weighted by Crippen LogP contribution is 2.36. The van der Waals surface area contributed by atoms with Gasteiger partial charge in [-0.3, -0.25) is 9.79 Å². The molecule has 2 aromatic carbocycles. The van der Waals surface area contributed by atoms with Crippen LogP contribution in [-0.4, -0.2) is 23.6 Å². The van der Waals surface area contributed by atoms with E-state index in [1.165, 1.54) is 0 Å². The summed E-state index contributed by atoms with van der Waals surface area (Å²) in [7, 11) is 0. The molecule has 2 aliphatic rings. The molecule has 134 valence electrons. The third-order valence-corrected chi connectivity index (χ3v) is 5.37. The Hall–Kier alpha value is -2.67. The minimum atomic E-state index is -0.366. The zero-order valence-electron chi connectivity index (χ0n) is 14.3. The van der Waals surface area contributed by atoms with Crippen LogP contribution in [0.4, 0.5) is 5.69 Å². The van der Waals surface area contributed by atoms with Crippen LogP contribution in [0.15, 0.2) is 47.5 Å². The van der Waals surface area contributed by atoms with Crippen molar-refractivity contribution >= 4 is 28.5 Å². The Balaban J connectivity index is 1.56. The number of aliphatic imine (C=N–C) groups is 1. The van der Waals surface area contributed by atoms with Crippen molar-refractivity contribution in [1.29, 1.82) is 0 Å². The predicted molar refractivity (Wildman–Crippen MR) is 103 cm³/mol. The summed E-state index contributed by atoms with van der Waals surface area (Å²) < 4.78 is 10.6. The van der Waals surface area contributed by atoms with Gasteiger partial charge < -0.3 is 20.5 Å². The van der Waals surface area contributed by atoms with Gasteiger partial charge in [0.25, 0.3) is 5.91 Å². The highest BCUT2D eigenvalue weighted by Gasteiger charge is 2.29. The molecule has 0 aromatic heterocycles. The maximum Gasteiger partial charge on any atom is 0.255 e. The van der Waals surface area contributed by atoms with Crippen molar-refractivity contribution < 1.29 is 14.3 Å². The number of benzene rings is 2. The van der Waals surface area contributed by atoms with E-state index in [4.69, 9.17) is 15.2 Å². The number of amides is 1. The Morgan fingerprint density at radius 2 is 2.08 bits per heavy atom. The summed E-state index contributed by atoms with van der Waals surface area (Å²) in [4.78, 5) is 17.2. The van der Waals surface area contributed by atoms with E-state index in [0.717, 1.165) is 23.4 Å². The number of ether oxygens (including phenoxy) is 2. The van der Waals surface area contributed by atoms with Crippen molar-refractivity contribution in [3.63, 3.8) is 0 Å². The number of anilines is 1. The monoisotopic (exact) mass is 369 g/mol. The van der Waals surface area contributed by atoms with Crippen molar-refractivity contribution in [2.24, 2.45) is 10.7 Å². The van der Waals surface area contributed by atoms with Crippen LogP contribution in [0.1, 0.15) is 29.3 Å². The van der Waals surface area contributed by atoms with Crippen molar-refractivity contribution in [3.05, 3.63) is 53.6 Å². The van der Waals surface area contributed by atoms with Crippen LogP contribution >= 0.6 is 11.8 Å². The smallest absolute Gasteiger partial charge is 0.255 e. The summed E-state index contributed by atoms with van der Waals surface area (Å²) in [6.45, 7) is 2.25. The number of nitrogens with zero attached hydrogens (tertiary/aromatic N) is 1. The molecule has 0 fully saturated rings. The number of fused-ring (bicyclic) bond motifs is 1. The molecule has 6 nitrogen and oxygen atoms in total. The molecule has 1 amide bonds. The lowest BCUT2D eigenvalue weighted by Crippen LogP contribution is -2.28. The van der Waals surface area contributed by atoms with Crippen LogP contribution in [0, 0.1) is 0 Å². The van der Waals surface area contributed by atoms with Gasteiger partial charge in [0.2, 0.25) is 6.79 Å². The lowest BCUT2D eigenvalue weighted by molar-refractivity contribution is 0.102. The van der Waals surface area contributed by atoms with Gasteiger partial charge in [0.05, 0.1) is 5.54 Å². The summed E-state index contributed by atoms with van der Waals surface area (Å²) in [6, 6.07) is 12.9. The van der Waals surface area contributed by atoms with Gasteiger partial charge in [0.1, 0.15) is 0 Å². The second-order valence-electron chi connectivity index (χ2n) is 6.43. The highest BCUT2D eigenvalue weighted by atomic mass is 32.2. The van der Waals surface area contributed by atoms with Gasteiger partial charge in [-0.1, -0.05) is 23.9 Å². The normalized spacial score (nSPS) is 21.2. The molecule has 7 heteroatoms. The SMILES string of the molecule is CC1(c2cccc(NC(=O)c3ccc4c(c3)OCO4)c2)CCSC(N)=N1. The molecule has 0 aliphatic carbocycles. The maximum atomic E-state index is 12.6. The lowest BCUT2D eigenvalue weighted by Gasteiger charge is -2.30. The van der Waals surface area contributed by atoms with Gasteiger partial charge in [0.15, 0.2) is 16.7 Å². The van der Waals surface area contributed by atoms with Gasteiger partial charge in [0, 0.05) is 17.0 Å². The van der Waals surface area contributed by atoms with E-state index in [2.05, 4.69) is 17.2 Å². The fraction of sp³-hybridized carbons (Fsp3) is 0.263. The third-order valence-electron chi connectivity index (χ3n) is 4.57. The first kappa shape index (κ1) is 16.8. The van der Waals surface area contributed by atoms with Gasteiger partial charge >= 0.3 is 0 Å². The topological polar surface area (TPSA) is 85.9 Å². The Labute approximate surface area is 155 Å². The lowest BCUT2D eigenvalue weighted by atomic mass is 9.89. The standard InChI is InChI=1S/C19H19N3O3S/c1-19(7-8-26-18(20)22-19)13-3-2-4-14(10-13)21-17(23)12-5-6-15-16(9-12)25-11-24-15/h2-6,9-10H,7-8,11H2,1H3,(H2,20,22)(H,21,23). The van der Waals surface area contributed by atoms with Crippen molar-refractivity contribution in [2.75, 3.05) is 17.9 Å². The Morgan fingerprint density at radius 1 is 1.23 bits per heavy atom. The molecule has 2 heterocycles. The first-order valence-electron chi connectivity index (χ1n) is 8.33. The second kappa shape index (κ2) is 6.57. The Bertz CT molecular complexity index is 899. The highest BCUT2D eigenvalue weighted by molar-refractivity contribution is 8.13. The van der Waals surface area contributed by atoms with Crippen LogP contribution in [-0.2, 0) is 5.54 Å². The summed E-state index contributed by atoms with van der Waals surface area (Å²) >= 11 is 1.57. The quantitative estimate of drug-likeness (QED) is 0.867. The zero-order chi connectivity index (χ0) is 18.1. The van der Waals surface area contributed by atoms with Crippen LogP contribution in [0.25, 0.3) is 0 Å². The van der Waals surface area contributed by atoms with E-state index in [1.54, 1.807) is 30.0 Å². The zero-order valence-corrected chi connectivity index (χ0v) is 15.1. The van der Waals surface area contributed by atoms with Crippen molar-refractivity contribution in [2.45, 2.75) is 18.9 Å². The maximum absolute atomic E-state index is 12.6. The molecule has 3 N–H and O–H groups in total. The van der Waals surface area contributed by atoms with Gasteiger partial charge in [-0.05, 0) is 49.2 Å². The van der Waals surface area contributed by atoms with Crippen LogP contribution in [0.5, 0.6) is 11.5 Å². The molecule has 0 radical (unpaired) electrons. The molecule has 0 spiro atoms. The fourth-order valence-electron chi connectivity index (χ4n) is 3.07. The Morgan fingerprint density at radius 3 is 2.92 bits per heavy atom. The van der Waals surface area contributed by atoms with Crippen molar-refractivity contribution in [1.82, 2.24) is 0 Å². The van der Waals surface area contributed by atoms with Crippen LogP contribution in [0.2, 0.25) is 0 Å². The fourth-order valence-corrected chi connectivity index (χ4v) is 4.04. The van der Waals surface area contributed by atoms with Gasteiger partial charge in [-0.15, -0.1) is 0 Å². The van der Waals surface area contributed by atoms with Gasteiger partial charge in [-0.25, -0.2) is 0 Å². The first-order valence-corrected chi connectivity index (χ1v) is 9.32. The van der Waals surface area contributed by atoms with E-state index < -0.39 is 0 Å². The minimum absolute atomic E-state index is 0.184.